The van der Waals surface area contributed by atoms with Crippen LogP contribution in [0.25, 0.3) is 22.2 Å². The second-order valence-electron chi connectivity index (χ2n) is 3.59. The lowest BCUT2D eigenvalue weighted by Gasteiger charge is -2.00. The van der Waals surface area contributed by atoms with E-state index < -0.39 is 5.97 Å². The van der Waals surface area contributed by atoms with E-state index in [1.54, 1.807) is 18.3 Å². The molecule has 6 nitrogen and oxygen atoms in total. The molecule has 94 valence electrons. The van der Waals surface area contributed by atoms with Gasteiger partial charge < -0.3 is 15.0 Å². The summed E-state index contributed by atoms with van der Waals surface area (Å²) in [4.78, 5) is 19.8. The smallest absolute Gasteiger partial charge is 0.186 e. The fourth-order valence-electron chi connectivity index (χ4n) is 1.49. The van der Waals surface area contributed by atoms with Crippen molar-refractivity contribution in [1.82, 2.24) is 20.2 Å². The van der Waals surface area contributed by atoms with Crippen LogP contribution in [0.1, 0.15) is 9.67 Å². The molecule has 3 heterocycles. The predicted molar refractivity (Wildman–Crippen MR) is 66.1 cm³/mol. The average molecular weight is 270 g/mol. The molecule has 0 aliphatic rings. The third-order valence-electron chi connectivity index (χ3n) is 2.34. The highest BCUT2D eigenvalue weighted by atomic mass is 32.1. The number of carbonyl (C=O) groups excluding carboxylic acids is 1. The van der Waals surface area contributed by atoms with Gasteiger partial charge >= 0.3 is 0 Å². The van der Waals surface area contributed by atoms with Crippen molar-refractivity contribution < 1.29 is 9.90 Å². The molecule has 3 rings (SSSR count). The number of aromatic carboxylic acids is 1. The Morgan fingerprint density at radius 2 is 2.32 bits per heavy atom. The van der Waals surface area contributed by atoms with Crippen molar-refractivity contribution in [3.8, 4) is 22.2 Å². The van der Waals surface area contributed by atoms with E-state index in [0.717, 1.165) is 11.3 Å². The number of rotatable bonds is 3. The predicted octanol–water partition coefficient (Wildman–Crippen LogP) is 0.759. The Hall–Kier alpha value is -2.54. The Labute approximate surface area is 111 Å². The van der Waals surface area contributed by atoms with Crippen molar-refractivity contribution in [3.63, 3.8) is 0 Å². The second-order valence-corrected chi connectivity index (χ2v) is 4.65. The minimum atomic E-state index is -1.23. The zero-order valence-electron chi connectivity index (χ0n) is 9.45. The molecular weight excluding hydrogens is 264 g/mol. The highest BCUT2D eigenvalue weighted by Crippen LogP contribution is 2.25. The molecule has 0 aliphatic heterocycles. The van der Waals surface area contributed by atoms with Crippen LogP contribution < -0.4 is 5.11 Å². The van der Waals surface area contributed by atoms with Gasteiger partial charge in [-0.1, -0.05) is 10.9 Å². The zero-order chi connectivity index (χ0) is 13.2. The number of carbonyl (C=O) groups is 1. The molecule has 0 saturated heterocycles. The molecule has 3 aromatic rings. The molecule has 0 unspecified atom stereocenters. The molecule has 0 aliphatic carbocycles. The SMILES string of the molecule is O=C([O-])c1c[c-]c(-c2nc(-c3ccccn3)n[nH]2)s1. The largest absolute Gasteiger partial charge is 0.558 e. The van der Waals surface area contributed by atoms with Crippen LogP contribution >= 0.6 is 11.3 Å². The van der Waals surface area contributed by atoms with E-state index in [0.29, 0.717) is 22.2 Å². The van der Waals surface area contributed by atoms with Gasteiger partial charge in [0.05, 0.1) is 5.82 Å². The quantitative estimate of drug-likeness (QED) is 0.709. The Bertz CT molecular complexity index is 720. The summed E-state index contributed by atoms with van der Waals surface area (Å²) in [6.45, 7) is 0. The molecule has 3 aromatic heterocycles. The molecule has 0 spiro atoms. The maximum atomic E-state index is 10.7. The van der Waals surface area contributed by atoms with E-state index in [-0.39, 0.29) is 4.88 Å². The first-order valence-electron chi connectivity index (χ1n) is 5.31. The van der Waals surface area contributed by atoms with Crippen molar-refractivity contribution in [1.29, 1.82) is 0 Å². The third-order valence-corrected chi connectivity index (χ3v) is 3.36. The highest BCUT2D eigenvalue weighted by Gasteiger charge is 2.04. The number of carboxylic acids is 1. The molecule has 19 heavy (non-hydrogen) atoms. The summed E-state index contributed by atoms with van der Waals surface area (Å²) in [5.74, 6) is -0.317. The molecule has 0 aromatic carbocycles. The molecular formula is C12H6N4O2S-2. The Morgan fingerprint density at radius 1 is 1.42 bits per heavy atom. The highest BCUT2D eigenvalue weighted by molar-refractivity contribution is 7.17. The fraction of sp³-hybridized carbons (Fsp3) is 0. The summed E-state index contributed by atoms with van der Waals surface area (Å²) < 4.78 is 0. The minimum Gasteiger partial charge on any atom is -0.558 e. The number of nitrogens with one attached hydrogen (secondary N) is 1. The number of aromatic amines is 1. The minimum absolute atomic E-state index is 0.103. The first-order chi connectivity index (χ1) is 9.24. The number of nitrogens with zero attached hydrogens (tertiary/aromatic N) is 3. The summed E-state index contributed by atoms with van der Waals surface area (Å²) in [6.07, 6.45) is 1.65. The fourth-order valence-corrected chi connectivity index (χ4v) is 2.22. The van der Waals surface area contributed by atoms with E-state index in [4.69, 9.17) is 0 Å². The van der Waals surface area contributed by atoms with Crippen LogP contribution in [-0.2, 0) is 0 Å². The van der Waals surface area contributed by atoms with Crippen LogP contribution in [-0.4, -0.2) is 26.1 Å². The first kappa shape index (κ1) is 11.5. The number of carboxylic acid groups (broad SMARTS) is 1. The molecule has 0 amide bonds. The van der Waals surface area contributed by atoms with Crippen molar-refractivity contribution >= 4 is 17.3 Å². The molecule has 0 fully saturated rings. The van der Waals surface area contributed by atoms with E-state index in [1.807, 2.05) is 6.07 Å². The van der Waals surface area contributed by atoms with Gasteiger partial charge in [-0.3, -0.25) is 9.97 Å². The Morgan fingerprint density at radius 3 is 3.00 bits per heavy atom. The normalized spacial score (nSPS) is 10.5. The summed E-state index contributed by atoms with van der Waals surface area (Å²) in [7, 11) is 0. The Kier molecular flexibility index (Phi) is 2.81. The lowest BCUT2D eigenvalue weighted by molar-refractivity contribution is -0.254. The van der Waals surface area contributed by atoms with Crippen LogP contribution in [0.2, 0.25) is 0 Å². The summed E-state index contributed by atoms with van der Waals surface area (Å²) in [6, 6.07) is 9.60. The number of hydrogen-bond donors (Lipinski definition) is 1. The van der Waals surface area contributed by atoms with Crippen LogP contribution in [0, 0.1) is 6.07 Å². The molecule has 7 heteroatoms. The van der Waals surface area contributed by atoms with Crippen LogP contribution in [0.3, 0.4) is 0 Å². The van der Waals surface area contributed by atoms with Gasteiger partial charge in [0.1, 0.15) is 5.69 Å². The van der Waals surface area contributed by atoms with Gasteiger partial charge in [-0.15, -0.1) is 0 Å². The molecule has 0 atom stereocenters. The molecule has 0 bridgehead atoms. The number of aromatic nitrogens is 4. The standard InChI is InChI=1S/C12H7N4O2S/c17-12(18)9-5-4-8(19-9)11-14-10(15-16-11)7-3-1-2-6-13-7/h1-3,5-6H,(H,17,18)(H,14,15,16)/q-1/p-1. The first-order valence-corrected chi connectivity index (χ1v) is 6.13. The van der Waals surface area contributed by atoms with Crippen molar-refractivity contribution in [2.75, 3.05) is 0 Å². The number of pyridine rings is 1. The number of hydrogen-bond acceptors (Lipinski definition) is 6. The van der Waals surface area contributed by atoms with Gasteiger partial charge in [-0.25, -0.2) is 11.3 Å². The van der Waals surface area contributed by atoms with E-state index in [9.17, 15) is 9.90 Å². The van der Waals surface area contributed by atoms with Gasteiger partial charge in [0.25, 0.3) is 0 Å². The van der Waals surface area contributed by atoms with Gasteiger partial charge in [0.2, 0.25) is 0 Å². The number of H-pyrrole nitrogens is 1. The van der Waals surface area contributed by atoms with E-state index in [1.165, 1.54) is 6.07 Å². The lowest BCUT2D eigenvalue weighted by atomic mass is 10.3. The van der Waals surface area contributed by atoms with E-state index >= 15 is 0 Å². The number of thiophene rings is 1. The lowest BCUT2D eigenvalue weighted by Crippen LogP contribution is -2.20. The van der Waals surface area contributed by atoms with Crippen molar-refractivity contribution in [2.24, 2.45) is 0 Å². The Balaban J connectivity index is 1.94. The van der Waals surface area contributed by atoms with Gasteiger partial charge in [-0.2, -0.15) is 17.2 Å². The van der Waals surface area contributed by atoms with Crippen LogP contribution in [0.4, 0.5) is 0 Å². The average Bonchev–Trinajstić information content (AvgIpc) is 3.09. The van der Waals surface area contributed by atoms with Gasteiger partial charge in [0.15, 0.2) is 5.82 Å². The summed E-state index contributed by atoms with van der Waals surface area (Å²) in [5, 5.41) is 17.5. The summed E-state index contributed by atoms with van der Waals surface area (Å²) >= 11 is 1.03. The summed E-state index contributed by atoms with van der Waals surface area (Å²) in [5.41, 5.74) is 0.640. The van der Waals surface area contributed by atoms with Crippen molar-refractivity contribution in [2.45, 2.75) is 0 Å². The molecule has 0 radical (unpaired) electrons. The van der Waals surface area contributed by atoms with Crippen LogP contribution in [0.15, 0.2) is 30.5 Å². The maximum Gasteiger partial charge on any atom is 0.186 e. The second kappa shape index (κ2) is 4.62. The molecule has 1 N–H and O–H groups in total. The molecule has 0 saturated carbocycles. The maximum absolute atomic E-state index is 10.7. The van der Waals surface area contributed by atoms with Crippen molar-refractivity contribution in [3.05, 3.63) is 41.4 Å². The topological polar surface area (TPSA) is 94.6 Å². The third kappa shape index (κ3) is 2.23. The zero-order valence-corrected chi connectivity index (χ0v) is 10.3. The van der Waals surface area contributed by atoms with Gasteiger partial charge in [0, 0.05) is 12.2 Å². The van der Waals surface area contributed by atoms with Crippen LogP contribution in [0.5, 0.6) is 0 Å². The van der Waals surface area contributed by atoms with E-state index in [2.05, 4.69) is 26.2 Å². The van der Waals surface area contributed by atoms with Gasteiger partial charge in [-0.05, 0) is 17.0 Å². The monoisotopic (exact) mass is 270 g/mol.